The Morgan fingerprint density at radius 2 is 1.83 bits per heavy atom. The van der Waals surface area contributed by atoms with Crippen LogP contribution in [0.2, 0.25) is 0 Å². The number of alkyl carbamates (subject to hydrolysis) is 1. The number of nitrogens with one attached hydrogen (secondary N) is 2. The van der Waals surface area contributed by atoms with Gasteiger partial charge in [0.25, 0.3) is 0 Å². The summed E-state index contributed by atoms with van der Waals surface area (Å²) in [5.41, 5.74) is 1.82. The van der Waals surface area contributed by atoms with Crippen LogP contribution in [-0.4, -0.2) is 23.2 Å². The SMILES string of the molecule is COC(=O)NC(Nc1ccc(C)cc1)C(Cl)(Cl)Cl. The molecule has 7 heteroatoms. The van der Waals surface area contributed by atoms with Gasteiger partial charge >= 0.3 is 6.09 Å². The van der Waals surface area contributed by atoms with E-state index in [1.54, 1.807) is 0 Å². The summed E-state index contributed by atoms with van der Waals surface area (Å²) in [5.74, 6) is 0. The van der Waals surface area contributed by atoms with Crippen molar-refractivity contribution in [2.24, 2.45) is 0 Å². The number of carbonyl (C=O) groups excluding carboxylic acids is 1. The van der Waals surface area contributed by atoms with Crippen molar-refractivity contribution in [1.82, 2.24) is 5.32 Å². The molecule has 0 bridgehead atoms. The zero-order chi connectivity index (χ0) is 13.8. The minimum atomic E-state index is -1.71. The van der Waals surface area contributed by atoms with Crippen LogP contribution < -0.4 is 10.6 Å². The minimum Gasteiger partial charge on any atom is -0.453 e. The van der Waals surface area contributed by atoms with Crippen LogP contribution in [0.5, 0.6) is 0 Å². The van der Waals surface area contributed by atoms with Gasteiger partial charge in [-0.3, -0.25) is 5.32 Å². The third kappa shape index (κ3) is 4.80. The Bertz CT molecular complexity index is 404. The molecule has 1 aromatic carbocycles. The van der Waals surface area contributed by atoms with Crippen LogP contribution in [0.1, 0.15) is 5.56 Å². The van der Waals surface area contributed by atoms with E-state index in [0.717, 1.165) is 5.56 Å². The molecule has 1 amide bonds. The van der Waals surface area contributed by atoms with Gasteiger partial charge < -0.3 is 10.1 Å². The lowest BCUT2D eigenvalue weighted by Gasteiger charge is -2.26. The fourth-order valence-corrected chi connectivity index (χ4v) is 1.52. The van der Waals surface area contributed by atoms with E-state index < -0.39 is 16.1 Å². The molecule has 0 fully saturated rings. The largest absolute Gasteiger partial charge is 0.453 e. The molecule has 4 nitrogen and oxygen atoms in total. The van der Waals surface area contributed by atoms with E-state index in [1.807, 2.05) is 31.2 Å². The Kier molecular flexibility index (Phi) is 5.38. The van der Waals surface area contributed by atoms with E-state index in [9.17, 15) is 4.79 Å². The molecule has 0 saturated carbocycles. The van der Waals surface area contributed by atoms with E-state index in [2.05, 4.69) is 15.4 Å². The summed E-state index contributed by atoms with van der Waals surface area (Å²) in [4.78, 5) is 11.2. The lowest BCUT2D eigenvalue weighted by Crippen LogP contribution is -2.49. The number of hydrogen-bond acceptors (Lipinski definition) is 3. The molecule has 100 valence electrons. The van der Waals surface area contributed by atoms with Crippen LogP contribution in [0, 0.1) is 6.92 Å². The molecule has 1 rings (SSSR count). The molecule has 0 spiro atoms. The van der Waals surface area contributed by atoms with Crippen molar-refractivity contribution >= 4 is 46.6 Å². The van der Waals surface area contributed by atoms with Gasteiger partial charge in [0.2, 0.25) is 3.79 Å². The molecule has 0 aliphatic carbocycles. The second kappa shape index (κ2) is 6.36. The number of rotatable bonds is 3. The number of carbonyl (C=O) groups is 1. The average Bonchev–Trinajstić information content (AvgIpc) is 2.29. The summed E-state index contributed by atoms with van der Waals surface area (Å²) < 4.78 is 2.76. The molecule has 1 atom stereocenters. The first-order valence-electron chi connectivity index (χ1n) is 5.07. The van der Waals surface area contributed by atoms with E-state index in [4.69, 9.17) is 34.8 Å². The maximum atomic E-state index is 11.2. The molecule has 18 heavy (non-hydrogen) atoms. The second-order valence-corrected chi connectivity index (χ2v) is 5.99. The van der Waals surface area contributed by atoms with Crippen LogP contribution >= 0.6 is 34.8 Å². The normalized spacial score (nSPS) is 12.7. The quantitative estimate of drug-likeness (QED) is 0.664. The summed E-state index contributed by atoms with van der Waals surface area (Å²) in [6, 6.07) is 7.43. The predicted molar refractivity (Wildman–Crippen MR) is 74.4 cm³/mol. The first-order chi connectivity index (χ1) is 8.32. The third-order valence-corrected chi connectivity index (χ3v) is 2.79. The summed E-state index contributed by atoms with van der Waals surface area (Å²) in [6.45, 7) is 1.96. The first-order valence-corrected chi connectivity index (χ1v) is 6.20. The Balaban J connectivity index is 2.78. The number of amides is 1. The van der Waals surface area contributed by atoms with Crippen molar-refractivity contribution in [2.45, 2.75) is 16.9 Å². The van der Waals surface area contributed by atoms with Crippen molar-refractivity contribution in [3.05, 3.63) is 29.8 Å². The van der Waals surface area contributed by atoms with E-state index in [1.165, 1.54) is 7.11 Å². The number of ether oxygens (including phenoxy) is 1. The van der Waals surface area contributed by atoms with Crippen LogP contribution in [0.25, 0.3) is 0 Å². The molecule has 2 N–H and O–H groups in total. The molecule has 0 aliphatic heterocycles. The van der Waals surface area contributed by atoms with Crippen molar-refractivity contribution in [3.8, 4) is 0 Å². The van der Waals surface area contributed by atoms with Crippen LogP contribution in [0.3, 0.4) is 0 Å². The predicted octanol–water partition coefficient (Wildman–Crippen LogP) is 3.46. The maximum absolute atomic E-state index is 11.2. The van der Waals surface area contributed by atoms with Gasteiger partial charge in [-0.05, 0) is 19.1 Å². The van der Waals surface area contributed by atoms with Gasteiger partial charge in [0.05, 0.1) is 7.11 Å². The highest BCUT2D eigenvalue weighted by atomic mass is 35.6. The molecule has 1 unspecified atom stereocenters. The van der Waals surface area contributed by atoms with Crippen molar-refractivity contribution < 1.29 is 9.53 Å². The monoisotopic (exact) mass is 310 g/mol. The fraction of sp³-hybridized carbons (Fsp3) is 0.364. The second-order valence-electron chi connectivity index (χ2n) is 3.62. The van der Waals surface area contributed by atoms with Gasteiger partial charge in [-0.1, -0.05) is 52.5 Å². The molecule has 1 aromatic rings. The molecule has 0 heterocycles. The maximum Gasteiger partial charge on any atom is 0.408 e. The Morgan fingerprint density at radius 1 is 1.28 bits per heavy atom. The molecule has 0 aromatic heterocycles. The van der Waals surface area contributed by atoms with Gasteiger partial charge in [0.15, 0.2) is 0 Å². The Morgan fingerprint density at radius 3 is 2.28 bits per heavy atom. The number of alkyl halides is 3. The fourth-order valence-electron chi connectivity index (χ4n) is 1.19. The number of halogens is 3. The van der Waals surface area contributed by atoms with Crippen molar-refractivity contribution in [2.75, 3.05) is 12.4 Å². The van der Waals surface area contributed by atoms with Gasteiger partial charge in [-0.15, -0.1) is 0 Å². The average molecular weight is 312 g/mol. The minimum absolute atomic E-state index is 0.689. The highest BCUT2D eigenvalue weighted by Gasteiger charge is 2.34. The van der Waals surface area contributed by atoms with Crippen molar-refractivity contribution in [3.63, 3.8) is 0 Å². The number of anilines is 1. The smallest absolute Gasteiger partial charge is 0.408 e. The Hall–Kier alpha value is -0.840. The third-order valence-electron chi connectivity index (χ3n) is 2.14. The molecule has 0 aliphatic rings. The topological polar surface area (TPSA) is 50.4 Å². The lowest BCUT2D eigenvalue weighted by atomic mass is 10.2. The zero-order valence-electron chi connectivity index (χ0n) is 9.84. The number of methoxy groups -OCH3 is 1. The van der Waals surface area contributed by atoms with E-state index in [0.29, 0.717) is 5.69 Å². The molecule has 0 saturated heterocycles. The van der Waals surface area contributed by atoms with Crippen LogP contribution in [0.15, 0.2) is 24.3 Å². The number of benzene rings is 1. The highest BCUT2D eigenvalue weighted by Crippen LogP contribution is 2.31. The number of aryl methyl sites for hydroxylation is 1. The molecular formula is C11H13Cl3N2O2. The van der Waals surface area contributed by atoms with Crippen LogP contribution in [0.4, 0.5) is 10.5 Å². The molecule has 0 radical (unpaired) electrons. The van der Waals surface area contributed by atoms with Gasteiger partial charge in [0, 0.05) is 5.69 Å². The summed E-state index contributed by atoms with van der Waals surface area (Å²) in [5, 5.41) is 5.31. The molecular weight excluding hydrogens is 298 g/mol. The highest BCUT2D eigenvalue weighted by molar-refractivity contribution is 6.68. The summed E-state index contributed by atoms with van der Waals surface area (Å²) in [7, 11) is 1.23. The number of hydrogen-bond donors (Lipinski definition) is 2. The Labute approximate surface area is 121 Å². The van der Waals surface area contributed by atoms with Gasteiger partial charge in [-0.25, -0.2) is 4.79 Å². The van der Waals surface area contributed by atoms with E-state index >= 15 is 0 Å². The van der Waals surface area contributed by atoms with Gasteiger partial charge in [-0.2, -0.15) is 0 Å². The van der Waals surface area contributed by atoms with Crippen LogP contribution in [-0.2, 0) is 4.74 Å². The first kappa shape index (κ1) is 15.2. The van der Waals surface area contributed by atoms with Crippen molar-refractivity contribution in [1.29, 1.82) is 0 Å². The van der Waals surface area contributed by atoms with E-state index in [-0.39, 0.29) is 0 Å². The summed E-state index contributed by atoms with van der Waals surface area (Å²) in [6.07, 6.45) is -1.59. The van der Waals surface area contributed by atoms with Gasteiger partial charge in [0.1, 0.15) is 6.17 Å². The standard InChI is InChI=1S/C11H13Cl3N2O2/c1-7-3-5-8(6-4-7)15-9(11(12,13)14)16-10(17)18-2/h3-6,9,15H,1-2H3,(H,16,17). The lowest BCUT2D eigenvalue weighted by molar-refractivity contribution is 0.168. The summed E-state index contributed by atoms with van der Waals surface area (Å²) >= 11 is 17.3. The zero-order valence-corrected chi connectivity index (χ0v) is 12.1.